The van der Waals surface area contributed by atoms with E-state index in [-0.39, 0.29) is 11.0 Å². The van der Waals surface area contributed by atoms with Crippen LogP contribution >= 0.6 is 11.6 Å². The average molecular weight is 191 g/mol. The van der Waals surface area contributed by atoms with Crippen LogP contribution in [-0.4, -0.2) is 12.2 Å². The summed E-state index contributed by atoms with van der Waals surface area (Å²) < 4.78 is 5.46. The SMILES string of the molecule is CCC1COC(Cl)C1C(C)(C)C. The summed E-state index contributed by atoms with van der Waals surface area (Å²) in [6.45, 7) is 9.77. The lowest BCUT2D eigenvalue weighted by Crippen LogP contribution is -2.30. The minimum Gasteiger partial charge on any atom is -0.362 e. The van der Waals surface area contributed by atoms with Gasteiger partial charge in [-0.2, -0.15) is 0 Å². The van der Waals surface area contributed by atoms with E-state index in [4.69, 9.17) is 16.3 Å². The molecule has 0 aromatic rings. The number of hydrogen-bond donors (Lipinski definition) is 0. The fraction of sp³-hybridized carbons (Fsp3) is 1.00. The summed E-state index contributed by atoms with van der Waals surface area (Å²) in [6, 6.07) is 0. The van der Waals surface area contributed by atoms with Gasteiger partial charge in [-0.15, -0.1) is 0 Å². The highest BCUT2D eigenvalue weighted by atomic mass is 35.5. The molecule has 3 unspecified atom stereocenters. The van der Waals surface area contributed by atoms with Crippen LogP contribution in [0, 0.1) is 17.3 Å². The van der Waals surface area contributed by atoms with Crippen molar-refractivity contribution in [2.75, 3.05) is 6.61 Å². The first-order chi connectivity index (χ1) is 5.46. The zero-order valence-electron chi connectivity index (χ0n) is 8.43. The second-order valence-corrected chi connectivity index (χ2v) is 5.17. The maximum atomic E-state index is 6.11. The average Bonchev–Trinajstić information content (AvgIpc) is 2.29. The zero-order chi connectivity index (χ0) is 9.35. The van der Waals surface area contributed by atoms with Crippen molar-refractivity contribution in [3.05, 3.63) is 0 Å². The van der Waals surface area contributed by atoms with Crippen LogP contribution in [0.15, 0.2) is 0 Å². The van der Waals surface area contributed by atoms with Gasteiger partial charge in [0, 0.05) is 5.92 Å². The molecule has 0 aliphatic carbocycles. The molecule has 1 heterocycles. The number of hydrogen-bond acceptors (Lipinski definition) is 1. The molecule has 0 aromatic heterocycles. The Morgan fingerprint density at radius 2 is 2.00 bits per heavy atom. The molecular weight excluding hydrogens is 172 g/mol. The molecule has 0 N–H and O–H groups in total. The lowest BCUT2D eigenvalue weighted by Gasteiger charge is -2.32. The lowest BCUT2D eigenvalue weighted by molar-refractivity contribution is 0.117. The first-order valence-corrected chi connectivity index (χ1v) is 5.16. The van der Waals surface area contributed by atoms with Crippen molar-refractivity contribution in [3.63, 3.8) is 0 Å². The molecule has 72 valence electrons. The fourth-order valence-electron chi connectivity index (χ4n) is 2.11. The van der Waals surface area contributed by atoms with Crippen LogP contribution < -0.4 is 0 Å². The van der Waals surface area contributed by atoms with E-state index < -0.39 is 0 Å². The molecule has 1 aliphatic heterocycles. The molecule has 0 aromatic carbocycles. The van der Waals surface area contributed by atoms with E-state index in [9.17, 15) is 0 Å². The molecule has 2 heteroatoms. The first kappa shape index (κ1) is 10.3. The quantitative estimate of drug-likeness (QED) is 0.577. The normalized spacial score (nSPS) is 37.2. The van der Waals surface area contributed by atoms with Gasteiger partial charge in [0.25, 0.3) is 0 Å². The maximum absolute atomic E-state index is 6.11. The minimum absolute atomic E-state index is 0.0741. The third-order valence-corrected chi connectivity index (χ3v) is 3.18. The van der Waals surface area contributed by atoms with Crippen molar-refractivity contribution in [1.82, 2.24) is 0 Å². The predicted molar refractivity (Wildman–Crippen MR) is 52.3 cm³/mol. The van der Waals surface area contributed by atoms with E-state index in [2.05, 4.69) is 27.7 Å². The molecule has 3 atom stereocenters. The maximum Gasteiger partial charge on any atom is 0.134 e. The number of ether oxygens (including phenoxy) is 1. The molecule has 1 nitrogen and oxygen atoms in total. The predicted octanol–water partition coefficient (Wildman–Crippen LogP) is 3.27. The summed E-state index contributed by atoms with van der Waals surface area (Å²) in [7, 11) is 0. The molecule has 0 spiro atoms. The van der Waals surface area contributed by atoms with Crippen LogP contribution in [0.25, 0.3) is 0 Å². The van der Waals surface area contributed by atoms with Crippen molar-refractivity contribution in [2.24, 2.45) is 17.3 Å². The van der Waals surface area contributed by atoms with Crippen molar-refractivity contribution in [2.45, 2.75) is 39.7 Å². The molecule has 1 saturated heterocycles. The van der Waals surface area contributed by atoms with Gasteiger partial charge in [-0.3, -0.25) is 0 Å². The molecule has 12 heavy (non-hydrogen) atoms. The van der Waals surface area contributed by atoms with E-state index >= 15 is 0 Å². The van der Waals surface area contributed by atoms with Crippen molar-refractivity contribution in [3.8, 4) is 0 Å². The van der Waals surface area contributed by atoms with Gasteiger partial charge in [0.1, 0.15) is 5.56 Å². The van der Waals surface area contributed by atoms with Crippen molar-refractivity contribution in [1.29, 1.82) is 0 Å². The summed E-state index contributed by atoms with van der Waals surface area (Å²) in [5.41, 5.74) is 0.193. The Bertz CT molecular complexity index is 150. The van der Waals surface area contributed by atoms with Gasteiger partial charge in [0.2, 0.25) is 0 Å². The monoisotopic (exact) mass is 190 g/mol. The Morgan fingerprint density at radius 3 is 2.33 bits per heavy atom. The summed E-state index contributed by atoms with van der Waals surface area (Å²) in [6.07, 6.45) is 1.17. The van der Waals surface area contributed by atoms with E-state index in [1.807, 2.05) is 0 Å². The van der Waals surface area contributed by atoms with Crippen LogP contribution in [0.1, 0.15) is 34.1 Å². The molecular formula is C10H19ClO. The van der Waals surface area contributed by atoms with Gasteiger partial charge in [-0.1, -0.05) is 45.7 Å². The number of halogens is 1. The zero-order valence-corrected chi connectivity index (χ0v) is 9.19. The lowest BCUT2D eigenvalue weighted by atomic mass is 9.74. The number of alkyl halides is 1. The third kappa shape index (κ3) is 1.94. The van der Waals surface area contributed by atoms with Crippen molar-refractivity contribution < 1.29 is 4.74 Å². The smallest absolute Gasteiger partial charge is 0.134 e. The summed E-state index contributed by atoms with van der Waals surface area (Å²) in [4.78, 5) is 0. The van der Waals surface area contributed by atoms with Crippen LogP contribution in [0.3, 0.4) is 0 Å². The third-order valence-electron chi connectivity index (χ3n) is 2.78. The van der Waals surface area contributed by atoms with Crippen LogP contribution in [-0.2, 0) is 4.74 Å². The summed E-state index contributed by atoms with van der Waals surface area (Å²) in [5, 5.41) is 0. The van der Waals surface area contributed by atoms with Crippen LogP contribution in [0.2, 0.25) is 0 Å². The second kappa shape index (κ2) is 3.55. The number of rotatable bonds is 1. The highest BCUT2D eigenvalue weighted by Crippen LogP contribution is 2.43. The topological polar surface area (TPSA) is 9.23 Å². The first-order valence-electron chi connectivity index (χ1n) is 4.72. The van der Waals surface area contributed by atoms with Crippen molar-refractivity contribution >= 4 is 11.6 Å². The van der Waals surface area contributed by atoms with Gasteiger partial charge in [0.05, 0.1) is 6.61 Å². The Labute approximate surface area is 80.4 Å². The molecule has 1 aliphatic rings. The van der Waals surface area contributed by atoms with E-state index in [1.165, 1.54) is 6.42 Å². The van der Waals surface area contributed by atoms with Gasteiger partial charge in [0.15, 0.2) is 0 Å². The molecule has 0 saturated carbocycles. The highest BCUT2D eigenvalue weighted by Gasteiger charge is 2.42. The molecule has 0 radical (unpaired) electrons. The van der Waals surface area contributed by atoms with Crippen LogP contribution in [0.5, 0.6) is 0 Å². The Morgan fingerprint density at radius 1 is 1.42 bits per heavy atom. The van der Waals surface area contributed by atoms with Gasteiger partial charge < -0.3 is 4.74 Å². The molecule has 1 rings (SSSR count). The standard InChI is InChI=1S/C10H19ClO/c1-5-7-6-12-9(11)8(7)10(2,3)4/h7-9H,5-6H2,1-4H3. The van der Waals surface area contributed by atoms with Crippen LogP contribution in [0.4, 0.5) is 0 Å². The largest absolute Gasteiger partial charge is 0.362 e. The summed E-state index contributed by atoms with van der Waals surface area (Å²) >= 11 is 6.11. The highest BCUT2D eigenvalue weighted by molar-refractivity contribution is 6.20. The van der Waals surface area contributed by atoms with Gasteiger partial charge in [-0.25, -0.2) is 0 Å². The fourth-order valence-corrected chi connectivity index (χ4v) is 2.77. The van der Waals surface area contributed by atoms with Gasteiger partial charge >= 0.3 is 0 Å². The molecule has 0 amide bonds. The van der Waals surface area contributed by atoms with Gasteiger partial charge in [-0.05, 0) is 11.3 Å². The minimum atomic E-state index is -0.0741. The Balaban J connectivity index is 2.70. The molecule has 0 bridgehead atoms. The van der Waals surface area contributed by atoms with E-state index in [1.54, 1.807) is 0 Å². The Kier molecular flexibility index (Phi) is 3.06. The summed E-state index contributed by atoms with van der Waals surface area (Å²) in [5.74, 6) is 1.15. The van der Waals surface area contributed by atoms with E-state index in [0.717, 1.165) is 6.61 Å². The second-order valence-electron chi connectivity index (χ2n) is 4.74. The Hall–Kier alpha value is 0.250. The molecule has 1 fully saturated rings. The van der Waals surface area contributed by atoms with E-state index in [0.29, 0.717) is 11.8 Å².